The summed E-state index contributed by atoms with van der Waals surface area (Å²) < 4.78 is 0. The maximum absolute atomic E-state index is 12.4. The SMILES string of the molecule is O=C(c1ccc(O)c(O)c1)N1CCN(C2CCCC2)CC1. The fourth-order valence-electron chi connectivity index (χ4n) is 3.40. The molecule has 0 radical (unpaired) electrons. The Labute approximate surface area is 124 Å². The predicted octanol–water partition coefficient (Wildman–Crippen LogP) is 1.80. The van der Waals surface area contributed by atoms with Gasteiger partial charge in [-0.1, -0.05) is 12.8 Å². The Bertz CT molecular complexity index is 518. The molecule has 1 aromatic carbocycles. The first kappa shape index (κ1) is 14.2. The van der Waals surface area contributed by atoms with Gasteiger partial charge in [0.05, 0.1) is 0 Å². The zero-order chi connectivity index (χ0) is 14.8. The van der Waals surface area contributed by atoms with Crippen LogP contribution in [0.3, 0.4) is 0 Å². The van der Waals surface area contributed by atoms with E-state index in [0.29, 0.717) is 11.6 Å². The van der Waals surface area contributed by atoms with Gasteiger partial charge in [-0.15, -0.1) is 0 Å². The number of amides is 1. The summed E-state index contributed by atoms with van der Waals surface area (Å²) in [5.41, 5.74) is 0.430. The van der Waals surface area contributed by atoms with Crippen LogP contribution in [0.15, 0.2) is 18.2 Å². The second-order valence-corrected chi connectivity index (χ2v) is 5.97. The fraction of sp³-hybridized carbons (Fsp3) is 0.562. The topological polar surface area (TPSA) is 64.0 Å². The highest BCUT2D eigenvalue weighted by molar-refractivity contribution is 5.95. The quantitative estimate of drug-likeness (QED) is 0.815. The molecule has 114 valence electrons. The number of phenolic OH excluding ortho intramolecular Hbond substituents is 2. The summed E-state index contributed by atoms with van der Waals surface area (Å²) >= 11 is 0. The number of hydrogen-bond acceptors (Lipinski definition) is 4. The molecule has 2 fully saturated rings. The summed E-state index contributed by atoms with van der Waals surface area (Å²) in [7, 11) is 0. The highest BCUT2D eigenvalue weighted by atomic mass is 16.3. The molecule has 0 atom stereocenters. The van der Waals surface area contributed by atoms with Crippen LogP contribution in [0.25, 0.3) is 0 Å². The van der Waals surface area contributed by atoms with Crippen molar-refractivity contribution in [3.8, 4) is 11.5 Å². The molecule has 2 N–H and O–H groups in total. The molecule has 5 heteroatoms. The fourth-order valence-corrected chi connectivity index (χ4v) is 3.40. The van der Waals surface area contributed by atoms with E-state index >= 15 is 0 Å². The van der Waals surface area contributed by atoms with Gasteiger partial charge in [0.15, 0.2) is 11.5 Å². The van der Waals surface area contributed by atoms with E-state index in [1.807, 2.05) is 4.90 Å². The first-order valence-electron chi connectivity index (χ1n) is 7.70. The van der Waals surface area contributed by atoms with Crippen LogP contribution in [0.2, 0.25) is 0 Å². The Balaban J connectivity index is 1.60. The Morgan fingerprint density at radius 2 is 1.67 bits per heavy atom. The summed E-state index contributed by atoms with van der Waals surface area (Å²) in [6.07, 6.45) is 5.24. The lowest BCUT2D eigenvalue weighted by molar-refractivity contribution is 0.0573. The van der Waals surface area contributed by atoms with Crippen LogP contribution >= 0.6 is 0 Å². The van der Waals surface area contributed by atoms with Crippen molar-refractivity contribution < 1.29 is 15.0 Å². The second-order valence-electron chi connectivity index (χ2n) is 5.97. The molecular weight excluding hydrogens is 268 g/mol. The first-order chi connectivity index (χ1) is 10.1. The van der Waals surface area contributed by atoms with Crippen LogP contribution in [0.5, 0.6) is 11.5 Å². The molecule has 2 aliphatic rings. The number of piperazine rings is 1. The molecular formula is C16H22N2O3. The molecule has 1 heterocycles. The standard InChI is InChI=1S/C16H22N2O3/c19-14-6-5-12(11-15(14)20)16(21)18-9-7-17(8-10-18)13-3-1-2-4-13/h5-6,11,13,19-20H,1-4,7-10H2. The third-order valence-corrected chi connectivity index (χ3v) is 4.66. The summed E-state index contributed by atoms with van der Waals surface area (Å²) in [5.74, 6) is -0.514. The van der Waals surface area contributed by atoms with E-state index in [2.05, 4.69) is 4.90 Å². The van der Waals surface area contributed by atoms with Gasteiger partial charge in [0, 0.05) is 37.8 Å². The molecule has 0 unspecified atom stereocenters. The monoisotopic (exact) mass is 290 g/mol. The van der Waals surface area contributed by atoms with Crippen LogP contribution in [0, 0.1) is 0 Å². The summed E-state index contributed by atoms with van der Waals surface area (Å²) in [5, 5.41) is 18.8. The number of phenols is 2. The van der Waals surface area contributed by atoms with E-state index in [1.165, 1.54) is 37.8 Å². The van der Waals surface area contributed by atoms with Gasteiger partial charge >= 0.3 is 0 Å². The largest absolute Gasteiger partial charge is 0.504 e. The maximum atomic E-state index is 12.4. The molecule has 21 heavy (non-hydrogen) atoms. The number of carbonyl (C=O) groups excluding carboxylic acids is 1. The smallest absolute Gasteiger partial charge is 0.254 e. The van der Waals surface area contributed by atoms with Crippen molar-refractivity contribution in [1.29, 1.82) is 0 Å². The molecule has 3 rings (SSSR count). The second kappa shape index (κ2) is 5.93. The van der Waals surface area contributed by atoms with Gasteiger partial charge in [-0.2, -0.15) is 0 Å². The van der Waals surface area contributed by atoms with Gasteiger partial charge in [0.1, 0.15) is 0 Å². The van der Waals surface area contributed by atoms with Crippen LogP contribution in [0.4, 0.5) is 0 Å². The lowest BCUT2D eigenvalue weighted by atomic mass is 10.1. The van der Waals surface area contributed by atoms with E-state index in [9.17, 15) is 15.0 Å². The van der Waals surface area contributed by atoms with Crippen molar-refractivity contribution in [3.05, 3.63) is 23.8 Å². The Kier molecular flexibility index (Phi) is 4.01. The van der Waals surface area contributed by atoms with Gasteiger partial charge in [0.2, 0.25) is 0 Å². The molecule has 1 aliphatic carbocycles. The number of benzene rings is 1. The van der Waals surface area contributed by atoms with Crippen LogP contribution < -0.4 is 0 Å². The lowest BCUT2D eigenvalue weighted by Gasteiger charge is -2.38. The van der Waals surface area contributed by atoms with Gasteiger partial charge < -0.3 is 15.1 Å². The van der Waals surface area contributed by atoms with Crippen molar-refractivity contribution in [2.75, 3.05) is 26.2 Å². The number of nitrogens with zero attached hydrogens (tertiary/aromatic N) is 2. The van der Waals surface area contributed by atoms with Gasteiger partial charge in [-0.3, -0.25) is 9.69 Å². The molecule has 0 bridgehead atoms. The van der Waals surface area contributed by atoms with Crippen molar-refractivity contribution >= 4 is 5.91 Å². The summed E-state index contributed by atoms with van der Waals surface area (Å²) in [6, 6.07) is 4.96. The highest BCUT2D eigenvalue weighted by Gasteiger charge is 2.28. The van der Waals surface area contributed by atoms with E-state index in [0.717, 1.165) is 26.2 Å². The van der Waals surface area contributed by atoms with Gasteiger partial charge in [-0.05, 0) is 31.0 Å². The molecule has 1 saturated carbocycles. The summed E-state index contributed by atoms with van der Waals surface area (Å²) in [6.45, 7) is 3.33. The maximum Gasteiger partial charge on any atom is 0.254 e. The Hall–Kier alpha value is -1.75. The minimum atomic E-state index is -0.245. The number of aromatic hydroxyl groups is 2. The normalized spacial score (nSPS) is 20.9. The number of carbonyl (C=O) groups is 1. The molecule has 1 aliphatic heterocycles. The minimum Gasteiger partial charge on any atom is -0.504 e. The van der Waals surface area contributed by atoms with E-state index in [1.54, 1.807) is 6.07 Å². The highest BCUT2D eigenvalue weighted by Crippen LogP contribution is 2.27. The molecule has 1 amide bonds. The predicted molar refractivity (Wildman–Crippen MR) is 79.5 cm³/mol. The third kappa shape index (κ3) is 2.97. The van der Waals surface area contributed by atoms with Gasteiger partial charge in [0.25, 0.3) is 5.91 Å². The van der Waals surface area contributed by atoms with E-state index in [4.69, 9.17) is 0 Å². The molecule has 1 aromatic rings. The average Bonchev–Trinajstić information content (AvgIpc) is 3.04. The zero-order valence-electron chi connectivity index (χ0n) is 12.2. The van der Waals surface area contributed by atoms with Crippen molar-refractivity contribution in [2.24, 2.45) is 0 Å². The van der Waals surface area contributed by atoms with Crippen LogP contribution in [0.1, 0.15) is 36.0 Å². The Morgan fingerprint density at radius 3 is 2.29 bits per heavy atom. The Morgan fingerprint density at radius 1 is 1.00 bits per heavy atom. The van der Waals surface area contributed by atoms with Crippen molar-refractivity contribution in [1.82, 2.24) is 9.80 Å². The average molecular weight is 290 g/mol. The molecule has 0 spiro atoms. The molecule has 0 aromatic heterocycles. The van der Waals surface area contributed by atoms with Crippen molar-refractivity contribution in [2.45, 2.75) is 31.7 Å². The molecule has 1 saturated heterocycles. The van der Waals surface area contributed by atoms with Crippen LogP contribution in [-0.2, 0) is 0 Å². The number of rotatable bonds is 2. The van der Waals surface area contributed by atoms with Gasteiger partial charge in [-0.25, -0.2) is 0 Å². The van der Waals surface area contributed by atoms with Crippen LogP contribution in [-0.4, -0.2) is 58.1 Å². The zero-order valence-corrected chi connectivity index (χ0v) is 12.2. The first-order valence-corrected chi connectivity index (χ1v) is 7.70. The van der Waals surface area contributed by atoms with E-state index in [-0.39, 0.29) is 17.4 Å². The van der Waals surface area contributed by atoms with E-state index < -0.39 is 0 Å². The summed E-state index contributed by atoms with van der Waals surface area (Å²) in [4.78, 5) is 16.7. The third-order valence-electron chi connectivity index (χ3n) is 4.66. The lowest BCUT2D eigenvalue weighted by Crippen LogP contribution is -2.51. The number of hydrogen-bond donors (Lipinski definition) is 2. The van der Waals surface area contributed by atoms with Crippen molar-refractivity contribution in [3.63, 3.8) is 0 Å². The molecule has 5 nitrogen and oxygen atoms in total. The minimum absolute atomic E-state index is 0.0728.